The fourth-order valence-electron chi connectivity index (χ4n) is 3.28. The van der Waals surface area contributed by atoms with Crippen LogP contribution in [0.1, 0.15) is 15.9 Å². The van der Waals surface area contributed by atoms with Gasteiger partial charge in [-0.05, 0) is 12.1 Å². The Balaban J connectivity index is 1.82. The maximum absolute atomic E-state index is 12.0. The van der Waals surface area contributed by atoms with Gasteiger partial charge in [0.25, 0.3) is 5.91 Å². The lowest BCUT2D eigenvalue weighted by molar-refractivity contribution is 0.0816. The molecule has 1 unspecified atom stereocenters. The van der Waals surface area contributed by atoms with Crippen LogP contribution in [-0.4, -0.2) is 50.1 Å². The van der Waals surface area contributed by atoms with E-state index in [1.54, 1.807) is 4.90 Å². The highest BCUT2D eigenvalue weighted by molar-refractivity contribution is 6.00. The molecule has 0 aliphatic carbocycles. The van der Waals surface area contributed by atoms with E-state index in [9.17, 15) is 4.79 Å². The van der Waals surface area contributed by atoms with Crippen LogP contribution in [0, 0.1) is 0 Å². The van der Waals surface area contributed by atoms with E-state index in [1.807, 2.05) is 19.2 Å². The van der Waals surface area contributed by atoms with Crippen LogP contribution in [0.15, 0.2) is 12.1 Å². The van der Waals surface area contributed by atoms with Crippen molar-refractivity contribution in [3.8, 4) is 5.75 Å². The standard InChI is InChI=1S/C14H17N3O2/c1-16-7-11-10(14(16)18)2-3-12-13(11)19-8-9-6-15-4-5-17(9)12/h2-3,9,15H,4-8H2,1H3. The zero-order chi connectivity index (χ0) is 13.0. The van der Waals surface area contributed by atoms with E-state index < -0.39 is 0 Å². The van der Waals surface area contributed by atoms with Crippen LogP contribution in [0.25, 0.3) is 0 Å². The van der Waals surface area contributed by atoms with Gasteiger partial charge >= 0.3 is 0 Å². The van der Waals surface area contributed by atoms with Crippen molar-refractivity contribution in [2.24, 2.45) is 0 Å². The normalized spacial score (nSPS) is 24.7. The van der Waals surface area contributed by atoms with Gasteiger partial charge < -0.3 is 19.9 Å². The molecule has 3 aliphatic rings. The number of hydrogen-bond acceptors (Lipinski definition) is 4. The molecule has 5 nitrogen and oxygen atoms in total. The summed E-state index contributed by atoms with van der Waals surface area (Å²) in [6.07, 6.45) is 0. The van der Waals surface area contributed by atoms with E-state index in [1.165, 1.54) is 0 Å². The Hall–Kier alpha value is -1.75. The van der Waals surface area contributed by atoms with Gasteiger partial charge in [-0.1, -0.05) is 0 Å². The molecule has 4 rings (SSSR count). The number of rotatable bonds is 0. The Bertz CT molecular complexity index is 558. The van der Waals surface area contributed by atoms with Gasteiger partial charge in [0.05, 0.1) is 18.3 Å². The highest BCUT2D eigenvalue weighted by Gasteiger charge is 2.35. The molecule has 1 atom stereocenters. The van der Waals surface area contributed by atoms with E-state index in [0.29, 0.717) is 19.2 Å². The minimum absolute atomic E-state index is 0.101. The summed E-state index contributed by atoms with van der Waals surface area (Å²) in [6.45, 7) is 4.34. The summed E-state index contributed by atoms with van der Waals surface area (Å²) in [5, 5.41) is 3.40. The maximum atomic E-state index is 12.0. The summed E-state index contributed by atoms with van der Waals surface area (Å²) in [5.41, 5.74) is 3.01. The Morgan fingerprint density at radius 1 is 1.42 bits per heavy atom. The molecule has 0 radical (unpaired) electrons. The van der Waals surface area contributed by atoms with Crippen molar-refractivity contribution in [1.82, 2.24) is 10.2 Å². The summed E-state index contributed by atoms with van der Waals surface area (Å²) in [4.78, 5) is 16.2. The van der Waals surface area contributed by atoms with Crippen molar-refractivity contribution in [3.63, 3.8) is 0 Å². The van der Waals surface area contributed by atoms with Gasteiger partial charge in [0.1, 0.15) is 12.4 Å². The summed E-state index contributed by atoms with van der Waals surface area (Å²) in [6, 6.07) is 4.41. The van der Waals surface area contributed by atoms with Crippen molar-refractivity contribution in [2.45, 2.75) is 12.6 Å². The molecular formula is C14H17N3O2. The monoisotopic (exact) mass is 259 g/mol. The van der Waals surface area contributed by atoms with Crippen LogP contribution in [-0.2, 0) is 6.54 Å². The molecule has 1 aromatic carbocycles. The third-order valence-electron chi connectivity index (χ3n) is 4.29. The van der Waals surface area contributed by atoms with Crippen LogP contribution < -0.4 is 15.0 Å². The van der Waals surface area contributed by atoms with Crippen molar-refractivity contribution >= 4 is 11.6 Å². The lowest BCUT2D eigenvalue weighted by Crippen LogP contribution is -2.55. The van der Waals surface area contributed by atoms with Crippen LogP contribution >= 0.6 is 0 Å². The largest absolute Gasteiger partial charge is 0.489 e. The third-order valence-corrected chi connectivity index (χ3v) is 4.29. The first-order valence-electron chi connectivity index (χ1n) is 6.77. The number of fused-ring (bicyclic) bond motifs is 5. The van der Waals surface area contributed by atoms with Gasteiger partial charge in [0.2, 0.25) is 0 Å². The quantitative estimate of drug-likeness (QED) is 0.734. The van der Waals surface area contributed by atoms with Crippen LogP contribution in [0.5, 0.6) is 5.75 Å². The van der Waals surface area contributed by atoms with Crippen LogP contribution in [0.3, 0.4) is 0 Å². The van der Waals surface area contributed by atoms with Crippen molar-refractivity contribution in [3.05, 3.63) is 23.3 Å². The van der Waals surface area contributed by atoms with Crippen molar-refractivity contribution < 1.29 is 9.53 Å². The van der Waals surface area contributed by atoms with Crippen LogP contribution in [0.2, 0.25) is 0 Å². The number of carbonyl (C=O) groups is 1. The molecule has 5 heteroatoms. The van der Waals surface area contributed by atoms with Crippen molar-refractivity contribution in [1.29, 1.82) is 0 Å². The number of benzene rings is 1. The number of piperazine rings is 1. The van der Waals surface area contributed by atoms with Gasteiger partial charge in [0, 0.05) is 37.8 Å². The predicted octanol–water partition coefficient (Wildman–Crippen LogP) is 0.443. The van der Waals surface area contributed by atoms with E-state index in [4.69, 9.17) is 4.74 Å². The fourth-order valence-corrected chi connectivity index (χ4v) is 3.28. The summed E-state index contributed by atoms with van der Waals surface area (Å²) in [7, 11) is 1.84. The van der Waals surface area contributed by atoms with Crippen LogP contribution in [0.4, 0.5) is 5.69 Å². The van der Waals surface area contributed by atoms with Gasteiger partial charge in [-0.3, -0.25) is 4.79 Å². The number of nitrogens with one attached hydrogen (secondary N) is 1. The van der Waals surface area contributed by atoms with E-state index in [0.717, 1.165) is 42.2 Å². The molecule has 1 saturated heterocycles. The predicted molar refractivity (Wildman–Crippen MR) is 71.7 cm³/mol. The summed E-state index contributed by atoms with van der Waals surface area (Å²) >= 11 is 0. The second-order valence-corrected chi connectivity index (χ2v) is 5.46. The first-order chi connectivity index (χ1) is 9.25. The molecule has 19 heavy (non-hydrogen) atoms. The topological polar surface area (TPSA) is 44.8 Å². The first-order valence-corrected chi connectivity index (χ1v) is 6.77. The van der Waals surface area contributed by atoms with Gasteiger partial charge in [-0.2, -0.15) is 0 Å². The van der Waals surface area contributed by atoms with Gasteiger partial charge in [-0.15, -0.1) is 0 Å². The number of nitrogens with zero attached hydrogens (tertiary/aromatic N) is 2. The highest BCUT2D eigenvalue weighted by atomic mass is 16.5. The second kappa shape index (κ2) is 3.87. The zero-order valence-electron chi connectivity index (χ0n) is 11.0. The second-order valence-electron chi connectivity index (χ2n) is 5.46. The molecule has 100 valence electrons. The zero-order valence-corrected chi connectivity index (χ0v) is 11.0. The summed E-state index contributed by atoms with van der Waals surface area (Å²) < 4.78 is 5.97. The number of amides is 1. The van der Waals surface area contributed by atoms with E-state index in [2.05, 4.69) is 10.2 Å². The van der Waals surface area contributed by atoms with E-state index >= 15 is 0 Å². The number of anilines is 1. The Morgan fingerprint density at radius 2 is 2.32 bits per heavy atom. The molecule has 0 saturated carbocycles. The lowest BCUT2D eigenvalue weighted by atomic mass is 10.0. The van der Waals surface area contributed by atoms with E-state index in [-0.39, 0.29) is 5.91 Å². The average Bonchev–Trinajstić information content (AvgIpc) is 2.74. The molecular weight excluding hydrogens is 242 g/mol. The molecule has 3 heterocycles. The molecule has 1 N–H and O–H groups in total. The molecule has 1 aromatic rings. The van der Waals surface area contributed by atoms with Gasteiger partial charge in [-0.25, -0.2) is 0 Å². The molecule has 0 spiro atoms. The smallest absolute Gasteiger partial charge is 0.254 e. The molecule has 0 bridgehead atoms. The van der Waals surface area contributed by atoms with Gasteiger partial charge in [0.15, 0.2) is 0 Å². The number of ether oxygens (including phenoxy) is 1. The summed E-state index contributed by atoms with van der Waals surface area (Å²) in [5.74, 6) is 1.03. The highest BCUT2D eigenvalue weighted by Crippen LogP contribution is 2.41. The first kappa shape index (κ1) is 11.1. The average molecular weight is 259 g/mol. The SMILES string of the molecule is CN1Cc2c(ccc3c2OCC2CNCCN32)C1=O. The number of hydrogen-bond donors (Lipinski definition) is 1. The number of carbonyl (C=O) groups excluding carboxylic acids is 1. The Morgan fingerprint density at radius 3 is 3.21 bits per heavy atom. The Labute approximate surface area is 112 Å². The molecule has 1 amide bonds. The van der Waals surface area contributed by atoms with Crippen molar-refractivity contribution in [2.75, 3.05) is 38.2 Å². The lowest BCUT2D eigenvalue weighted by Gasteiger charge is -2.42. The molecule has 3 aliphatic heterocycles. The molecule has 1 fully saturated rings. The minimum atomic E-state index is 0.101. The Kier molecular flexibility index (Phi) is 2.26. The third kappa shape index (κ3) is 1.48. The fraction of sp³-hybridized carbons (Fsp3) is 0.500. The molecule has 0 aromatic heterocycles. The maximum Gasteiger partial charge on any atom is 0.254 e. The minimum Gasteiger partial charge on any atom is -0.489 e.